The number of rotatable bonds is 6. The van der Waals surface area contributed by atoms with E-state index in [2.05, 4.69) is 0 Å². The fourth-order valence-electron chi connectivity index (χ4n) is 1.35. The monoisotopic (exact) mass is 360 g/mol. The number of benzene rings is 1. The lowest BCUT2D eigenvalue weighted by atomic mass is 10.2. The van der Waals surface area contributed by atoms with E-state index in [1.54, 1.807) is 0 Å². The molecular formula is C11H11Cl3O5S. The number of carbonyl (C=O) groups excluding carboxylic acids is 1. The number of hydrogen-bond acceptors (Lipinski definition) is 5. The highest BCUT2D eigenvalue weighted by Gasteiger charge is 2.24. The normalized spacial score (nSPS) is 11.4. The van der Waals surface area contributed by atoms with Crippen molar-refractivity contribution in [2.75, 3.05) is 20.3 Å². The first-order chi connectivity index (χ1) is 9.29. The molecule has 0 atom stereocenters. The molecule has 0 aliphatic rings. The maximum absolute atomic E-state index is 11.9. The van der Waals surface area contributed by atoms with Crippen molar-refractivity contribution in [3.8, 4) is 0 Å². The highest BCUT2D eigenvalue weighted by molar-refractivity contribution is 8.13. The van der Waals surface area contributed by atoms with E-state index in [0.29, 0.717) is 13.0 Å². The molecule has 0 saturated heterocycles. The van der Waals surface area contributed by atoms with Gasteiger partial charge in [0.15, 0.2) is 0 Å². The Bertz CT molecular complexity index is 600. The third-order valence-corrected chi connectivity index (χ3v) is 4.43. The van der Waals surface area contributed by atoms with E-state index in [-0.39, 0.29) is 22.2 Å². The van der Waals surface area contributed by atoms with Gasteiger partial charge >= 0.3 is 5.97 Å². The van der Waals surface area contributed by atoms with Crippen LogP contribution in [0.15, 0.2) is 17.0 Å². The first-order valence-electron chi connectivity index (χ1n) is 5.37. The van der Waals surface area contributed by atoms with Crippen LogP contribution in [0.5, 0.6) is 0 Å². The summed E-state index contributed by atoms with van der Waals surface area (Å²) in [5.74, 6) is -0.821. The second-order valence-electron chi connectivity index (χ2n) is 3.65. The fourth-order valence-corrected chi connectivity index (χ4v) is 3.23. The third-order valence-electron chi connectivity index (χ3n) is 2.25. The number of carbonyl (C=O) groups is 1. The third kappa shape index (κ3) is 4.49. The summed E-state index contributed by atoms with van der Waals surface area (Å²) in [4.78, 5) is 11.5. The zero-order valence-corrected chi connectivity index (χ0v) is 13.4. The van der Waals surface area contributed by atoms with Crippen LogP contribution < -0.4 is 0 Å². The van der Waals surface area contributed by atoms with Crippen LogP contribution in [0, 0.1) is 0 Å². The first kappa shape index (κ1) is 17.5. The summed E-state index contributed by atoms with van der Waals surface area (Å²) in [6.45, 7) is 0.516. The van der Waals surface area contributed by atoms with Gasteiger partial charge in [-0.1, -0.05) is 23.2 Å². The molecule has 0 N–H and O–H groups in total. The zero-order chi connectivity index (χ0) is 15.3. The minimum absolute atomic E-state index is 0.0178. The van der Waals surface area contributed by atoms with Gasteiger partial charge in [-0.15, -0.1) is 0 Å². The quantitative estimate of drug-likeness (QED) is 0.442. The Morgan fingerprint density at radius 1 is 1.25 bits per heavy atom. The number of halogens is 3. The fraction of sp³-hybridized carbons (Fsp3) is 0.364. The van der Waals surface area contributed by atoms with Gasteiger partial charge in [0.25, 0.3) is 9.05 Å². The SMILES string of the molecule is COCCCOC(=O)c1c(Cl)ccc(S(=O)(=O)Cl)c1Cl. The molecule has 0 spiro atoms. The van der Waals surface area contributed by atoms with Crippen molar-refractivity contribution in [2.45, 2.75) is 11.3 Å². The molecule has 0 heterocycles. The summed E-state index contributed by atoms with van der Waals surface area (Å²) in [5.41, 5.74) is -0.229. The van der Waals surface area contributed by atoms with Crippen LogP contribution in [-0.4, -0.2) is 34.7 Å². The lowest BCUT2D eigenvalue weighted by molar-refractivity contribution is 0.0468. The second-order valence-corrected chi connectivity index (χ2v) is 6.97. The average Bonchev–Trinajstić information content (AvgIpc) is 2.33. The lowest BCUT2D eigenvalue weighted by Crippen LogP contribution is -2.10. The van der Waals surface area contributed by atoms with E-state index in [0.717, 1.165) is 6.07 Å². The number of esters is 1. The van der Waals surface area contributed by atoms with Gasteiger partial charge in [0.05, 0.1) is 22.2 Å². The van der Waals surface area contributed by atoms with Crippen LogP contribution in [-0.2, 0) is 18.5 Å². The van der Waals surface area contributed by atoms with Crippen LogP contribution in [0.2, 0.25) is 10.0 Å². The van der Waals surface area contributed by atoms with Gasteiger partial charge in [-0.05, 0) is 12.1 Å². The molecular weight excluding hydrogens is 351 g/mol. The van der Waals surface area contributed by atoms with Gasteiger partial charge in [0.2, 0.25) is 0 Å². The Labute approximate surface area is 131 Å². The molecule has 5 nitrogen and oxygen atoms in total. The number of ether oxygens (including phenoxy) is 2. The molecule has 0 amide bonds. The van der Waals surface area contributed by atoms with Gasteiger partial charge < -0.3 is 9.47 Å². The summed E-state index contributed by atoms with van der Waals surface area (Å²) in [6, 6.07) is 2.34. The Kier molecular flexibility index (Phi) is 6.54. The summed E-state index contributed by atoms with van der Waals surface area (Å²) in [6.07, 6.45) is 0.491. The van der Waals surface area contributed by atoms with Gasteiger partial charge in [0.1, 0.15) is 4.90 Å². The summed E-state index contributed by atoms with van der Waals surface area (Å²) in [5, 5.41) is -0.375. The van der Waals surface area contributed by atoms with E-state index in [1.807, 2.05) is 0 Å². The Morgan fingerprint density at radius 3 is 2.45 bits per heavy atom. The lowest BCUT2D eigenvalue weighted by Gasteiger charge is -2.09. The molecule has 1 aromatic rings. The largest absolute Gasteiger partial charge is 0.462 e. The van der Waals surface area contributed by atoms with Gasteiger partial charge in [-0.2, -0.15) is 0 Å². The Morgan fingerprint density at radius 2 is 1.90 bits per heavy atom. The highest BCUT2D eigenvalue weighted by atomic mass is 35.7. The summed E-state index contributed by atoms with van der Waals surface area (Å²) in [7, 11) is 2.65. The molecule has 0 aliphatic carbocycles. The van der Waals surface area contributed by atoms with Crippen LogP contribution in [0.1, 0.15) is 16.8 Å². The molecule has 9 heteroatoms. The van der Waals surface area contributed by atoms with Crippen molar-refractivity contribution >= 4 is 48.9 Å². The van der Waals surface area contributed by atoms with E-state index >= 15 is 0 Å². The molecule has 0 saturated carbocycles. The Balaban J connectivity index is 3.03. The second kappa shape index (κ2) is 7.47. The number of methoxy groups -OCH3 is 1. The van der Waals surface area contributed by atoms with Gasteiger partial charge in [-0.25, -0.2) is 13.2 Å². The van der Waals surface area contributed by atoms with Crippen LogP contribution in [0.4, 0.5) is 0 Å². The maximum atomic E-state index is 11.9. The van der Waals surface area contributed by atoms with E-state index in [4.69, 9.17) is 43.4 Å². The highest BCUT2D eigenvalue weighted by Crippen LogP contribution is 2.33. The minimum Gasteiger partial charge on any atom is -0.462 e. The van der Waals surface area contributed by atoms with Crippen molar-refractivity contribution < 1.29 is 22.7 Å². The van der Waals surface area contributed by atoms with Crippen molar-refractivity contribution in [1.29, 1.82) is 0 Å². The Hall–Kier alpha value is -0.530. The van der Waals surface area contributed by atoms with Crippen LogP contribution in [0.25, 0.3) is 0 Å². The predicted octanol–water partition coefficient (Wildman–Crippen LogP) is 3.11. The van der Waals surface area contributed by atoms with E-state index in [9.17, 15) is 13.2 Å². The molecule has 0 radical (unpaired) electrons. The molecule has 0 unspecified atom stereocenters. The molecule has 0 fully saturated rings. The maximum Gasteiger partial charge on any atom is 0.341 e. The smallest absolute Gasteiger partial charge is 0.341 e. The predicted molar refractivity (Wildman–Crippen MR) is 76.3 cm³/mol. The van der Waals surface area contributed by atoms with Crippen LogP contribution >= 0.6 is 33.9 Å². The average molecular weight is 362 g/mol. The van der Waals surface area contributed by atoms with Gasteiger partial charge in [0, 0.05) is 30.8 Å². The molecule has 20 heavy (non-hydrogen) atoms. The number of hydrogen-bond donors (Lipinski definition) is 0. The van der Waals surface area contributed by atoms with Crippen molar-refractivity contribution in [3.05, 3.63) is 27.7 Å². The first-order valence-corrected chi connectivity index (χ1v) is 8.44. The molecule has 112 valence electrons. The van der Waals surface area contributed by atoms with E-state index < -0.39 is 19.9 Å². The van der Waals surface area contributed by atoms with Crippen molar-refractivity contribution in [1.82, 2.24) is 0 Å². The summed E-state index contributed by atoms with van der Waals surface area (Å²) >= 11 is 11.7. The van der Waals surface area contributed by atoms with Crippen molar-refractivity contribution in [3.63, 3.8) is 0 Å². The molecule has 1 rings (SSSR count). The molecule has 0 bridgehead atoms. The van der Waals surface area contributed by atoms with E-state index in [1.165, 1.54) is 13.2 Å². The molecule has 1 aromatic carbocycles. The topological polar surface area (TPSA) is 69.7 Å². The molecule has 0 aromatic heterocycles. The standard InChI is InChI=1S/C11H11Cl3O5S/c1-18-5-2-6-19-11(15)9-7(12)3-4-8(10(9)13)20(14,16)17/h3-4H,2,5-6H2,1H3. The molecule has 0 aliphatic heterocycles. The zero-order valence-electron chi connectivity index (χ0n) is 10.4. The van der Waals surface area contributed by atoms with Crippen LogP contribution in [0.3, 0.4) is 0 Å². The van der Waals surface area contributed by atoms with Crippen molar-refractivity contribution in [2.24, 2.45) is 0 Å². The minimum atomic E-state index is -4.08. The van der Waals surface area contributed by atoms with Gasteiger partial charge in [-0.3, -0.25) is 0 Å². The summed E-state index contributed by atoms with van der Waals surface area (Å²) < 4.78 is 32.4.